The van der Waals surface area contributed by atoms with E-state index in [0.29, 0.717) is 41.6 Å². The highest BCUT2D eigenvalue weighted by Gasteiger charge is 2.46. The number of carbonyl (C=O) groups is 2. The van der Waals surface area contributed by atoms with Gasteiger partial charge < -0.3 is 19.6 Å². The number of nitrogens with zero attached hydrogens (tertiary/aromatic N) is 2. The van der Waals surface area contributed by atoms with Crippen LogP contribution in [0.4, 0.5) is 0 Å². The maximum Gasteiger partial charge on any atom is 0.295 e. The zero-order valence-corrected chi connectivity index (χ0v) is 21.3. The molecule has 4 rings (SSSR count). The summed E-state index contributed by atoms with van der Waals surface area (Å²) >= 11 is 6.08. The van der Waals surface area contributed by atoms with Gasteiger partial charge in [-0.1, -0.05) is 54.1 Å². The average Bonchev–Trinajstić information content (AvgIpc) is 3.12. The van der Waals surface area contributed by atoms with Gasteiger partial charge in [0.1, 0.15) is 18.1 Å². The fraction of sp³-hybridized carbons (Fsp3) is 0.241. The van der Waals surface area contributed by atoms with Gasteiger partial charge in [0, 0.05) is 23.7 Å². The first kappa shape index (κ1) is 25.5. The van der Waals surface area contributed by atoms with Crippen molar-refractivity contribution in [1.82, 2.24) is 9.80 Å². The largest absolute Gasteiger partial charge is 0.507 e. The van der Waals surface area contributed by atoms with Gasteiger partial charge in [0.2, 0.25) is 0 Å². The van der Waals surface area contributed by atoms with Crippen LogP contribution >= 0.6 is 11.6 Å². The number of likely N-dealkylation sites (N-methyl/N-ethyl adjacent to an activating group) is 1. The molecule has 0 spiro atoms. The number of halogens is 1. The van der Waals surface area contributed by atoms with Crippen LogP contribution < -0.4 is 4.74 Å². The van der Waals surface area contributed by atoms with Crippen molar-refractivity contribution in [3.05, 3.63) is 106 Å². The fourth-order valence-corrected chi connectivity index (χ4v) is 4.41. The minimum absolute atomic E-state index is 0.0714. The predicted molar refractivity (Wildman–Crippen MR) is 141 cm³/mol. The van der Waals surface area contributed by atoms with Crippen molar-refractivity contribution in [3.8, 4) is 5.75 Å². The quantitative estimate of drug-likeness (QED) is 0.259. The van der Waals surface area contributed by atoms with E-state index in [0.717, 1.165) is 11.1 Å². The third-order valence-corrected chi connectivity index (χ3v) is 6.47. The standard InChI is InChI=1S/C29H29ClN2O4/c1-19-17-23(36-18-20-7-5-4-6-8-20)13-14-24(19)27(33)25-26(21-9-11-22(30)12-10-21)32(16-15-31(2)3)29(35)28(25)34/h4-14,17,26,33H,15-16,18H2,1-3H3/t26-/m0/s1. The van der Waals surface area contributed by atoms with Crippen LogP contribution in [0.1, 0.15) is 28.3 Å². The number of Topliss-reactive ketones (excluding diaryl/α,β-unsaturated/α-hetero) is 1. The highest BCUT2D eigenvalue weighted by molar-refractivity contribution is 6.46. The number of amides is 1. The van der Waals surface area contributed by atoms with Crippen molar-refractivity contribution < 1.29 is 19.4 Å². The number of hydrogen-bond donors (Lipinski definition) is 1. The molecule has 6 nitrogen and oxygen atoms in total. The van der Waals surface area contributed by atoms with Gasteiger partial charge in [0.25, 0.3) is 11.7 Å². The van der Waals surface area contributed by atoms with E-state index in [1.165, 1.54) is 4.90 Å². The summed E-state index contributed by atoms with van der Waals surface area (Å²) in [5.41, 5.74) is 3.03. The third-order valence-electron chi connectivity index (χ3n) is 6.22. The van der Waals surface area contributed by atoms with Crippen molar-refractivity contribution in [2.24, 2.45) is 0 Å². The lowest BCUT2D eigenvalue weighted by molar-refractivity contribution is -0.140. The first-order valence-corrected chi connectivity index (χ1v) is 12.1. The summed E-state index contributed by atoms with van der Waals surface area (Å²) in [6.07, 6.45) is 0. The Bertz CT molecular complexity index is 1290. The molecule has 0 unspecified atom stereocenters. The predicted octanol–water partition coefficient (Wildman–Crippen LogP) is 5.21. The molecular weight excluding hydrogens is 476 g/mol. The van der Waals surface area contributed by atoms with Gasteiger partial charge in [-0.2, -0.15) is 0 Å². The summed E-state index contributed by atoms with van der Waals surface area (Å²) in [4.78, 5) is 29.7. The minimum Gasteiger partial charge on any atom is -0.507 e. The molecule has 3 aromatic carbocycles. The smallest absolute Gasteiger partial charge is 0.295 e. The molecule has 3 aromatic rings. The van der Waals surface area contributed by atoms with E-state index >= 15 is 0 Å². The molecule has 186 valence electrons. The number of aryl methyl sites for hydroxylation is 1. The van der Waals surface area contributed by atoms with E-state index in [-0.39, 0.29) is 11.3 Å². The molecule has 1 N–H and O–H groups in total. The van der Waals surface area contributed by atoms with Gasteiger partial charge in [-0.3, -0.25) is 9.59 Å². The molecule has 36 heavy (non-hydrogen) atoms. The summed E-state index contributed by atoms with van der Waals surface area (Å²) in [5.74, 6) is -0.879. The number of likely N-dealkylation sites (tertiary alicyclic amines) is 1. The number of benzene rings is 3. The number of aliphatic hydroxyl groups is 1. The second-order valence-electron chi connectivity index (χ2n) is 9.10. The van der Waals surface area contributed by atoms with Gasteiger partial charge in [-0.25, -0.2) is 0 Å². The molecule has 1 amide bonds. The van der Waals surface area contributed by atoms with Crippen molar-refractivity contribution >= 4 is 29.1 Å². The fourth-order valence-electron chi connectivity index (χ4n) is 4.29. The molecule has 1 saturated heterocycles. The Balaban J connectivity index is 1.70. The third kappa shape index (κ3) is 5.45. The van der Waals surface area contributed by atoms with E-state index in [1.807, 2.05) is 62.3 Å². The first-order valence-electron chi connectivity index (χ1n) is 11.7. The Morgan fingerprint density at radius 3 is 2.36 bits per heavy atom. The van der Waals surface area contributed by atoms with Crippen molar-refractivity contribution in [1.29, 1.82) is 0 Å². The lowest BCUT2D eigenvalue weighted by Gasteiger charge is -2.26. The Hall–Kier alpha value is -3.61. The van der Waals surface area contributed by atoms with E-state index < -0.39 is 17.7 Å². The molecule has 0 saturated carbocycles. The zero-order valence-electron chi connectivity index (χ0n) is 20.6. The number of ether oxygens (including phenoxy) is 1. The first-order chi connectivity index (χ1) is 17.3. The summed E-state index contributed by atoms with van der Waals surface area (Å²) in [6.45, 7) is 3.17. The van der Waals surface area contributed by atoms with Crippen molar-refractivity contribution in [2.45, 2.75) is 19.6 Å². The molecule has 0 aromatic heterocycles. The monoisotopic (exact) mass is 504 g/mol. The highest BCUT2D eigenvalue weighted by Crippen LogP contribution is 2.40. The van der Waals surface area contributed by atoms with Crippen LogP contribution in [0.25, 0.3) is 5.76 Å². The molecule has 1 aliphatic rings. The summed E-state index contributed by atoms with van der Waals surface area (Å²) in [7, 11) is 3.80. The maximum atomic E-state index is 13.2. The van der Waals surface area contributed by atoms with Crippen LogP contribution in [-0.2, 0) is 16.2 Å². The van der Waals surface area contributed by atoms with E-state index in [4.69, 9.17) is 16.3 Å². The second kappa shape index (κ2) is 11.0. The van der Waals surface area contributed by atoms with E-state index in [2.05, 4.69) is 0 Å². The average molecular weight is 505 g/mol. The molecule has 0 radical (unpaired) electrons. The van der Waals surface area contributed by atoms with Gasteiger partial charge in [0.15, 0.2) is 0 Å². The topological polar surface area (TPSA) is 70.1 Å². The number of rotatable bonds is 8. The van der Waals surface area contributed by atoms with Crippen LogP contribution in [0.5, 0.6) is 5.75 Å². The summed E-state index contributed by atoms with van der Waals surface area (Å²) in [6, 6.07) is 21.4. The molecular formula is C29H29ClN2O4. The number of ketones is 1. The van der Waals surface area contributed by atoms with Crippen LogP contribution in [0.15, 0.2) is 78.4 Å². The van der Waals surface area contributed by atoms with Gasteiger partial charge in [0.05, 0.1) is 11.6 Å². The number of hydrogen-bond acceptors (Lipinski definition) is 5. The number of aliphatic hydroxyl groups excluding tert-OH is 1. The molecule has 7 heteroatoms. The van der Waals surface area contributed by atoms with E-state index in [9.17, 15) is 14.7 Å². The van der Waals surface area contributed by atoms with Gasteiger partial charge in [-0.05, 0) is 68.0 Å². The van der Waals surface area contributed by atoms with Crippen LogP contribution in [-0.4, -0.2) is 53.8 Å². The highest BCUT2D eigenvalue weighted by atomic mass is 35.5. The Morgan fingerprint density at radius 2 is 1.72 bits per heavy atom. The van der Waals surface area contributed by atoms with Crippen molar-refractivity contribution in [2.75, 3.05) is 27.2 Å². The molecule has 0 aliphatic carbocycles. The molecule has 0 bridgehead atoms. The van der Waals surface area contributed by atoms with Crippen molar-refractivity contribution in [3.63, 3.8) is 0 Å². The van der Waals surface area contributed by atoms with Crippen LogP contribution in [0, 0.1) is 6.92 Å². The number of carbonyl (C=O) groups excluding carboxylic acids is 2. The normalized spacial score (nSPS) is 17.1. The summed E-state index contributed by atoms with van der Waals surface area (Å²) < 4.78 is 5.90. The van der Waals surface area contributed by atoms with Gasteiger partial charge >= 0.3 is 0 Å². The Kier molecular flexibility index (Phi) is 7.77. The summed E-state index contributed by atoms with van der Waals surface area (Å²) in [5, 5.41) is 11.9. The maximum absolute atomic E-state index is 13.2. The molecule has 1 heterocycles. The SMILES string of the molecule is Cc1cc(OCc2ccccc2)ccc1C(O)=C1C(=O)C(=O)N(CCN(C)C)[C@H]1c1ccc(Cl)cc1. The molecule has 1 aliphatic heterocycles. The lowest BCUT2D eigenvalue weighted by Crippen LogP contribution is -2.35. The molecule has 1 atom stereocenters. The van der Waals surface area contributed by atoms with Crippen LogP contribution in [0.3, 0.4) is 0 Å². The van der Waals surface area contributed by atoms with E-state index in [1.54, 1.807) is 36.4 Å². The van der Waals surface area contributed by atoms with Crippen LogP contribution in [0.2, 0.25) is 5.02 Å². The molecule has 1 fully saturated rings. The van der Waals surface area contributed by atoms with Gasteiger partial charge in [-0.15, -0.1) is 0 Å². The zero-order chi connectivity index (χ0) is 25.8. The minimum atomic E-state index is -0.712. The Morgan fingerprint density at radius 1 is 1.03 bits per heavy atom. The Labute approximate surface area is 216 Å². The second-order valence-corrected chi connectivity index (χ2v) is 9.53. The lowest BCUT2D eigenvalue weighted by atomic mass is 9.94.